The summed E-state index contributed by atoms with van der Waals surface area (Å²) in [5.41, 5.74) is 0.00769. The van der Waals surface area contributed by atoms with E-state index >= 15 is 0 Å². The minimum absolute atomic E-state index is 0.00225. The van der Waals surface area contributed by atoms with Gasteiger partial charge in [-0.2, -0.15) is 5.26 Å². The fourth-order valence-corrected chi connectivity index (χ4v) is 1.81. The molecular formula is C13H14N4O3. The van der Waals surface area contributed by atoms with Crippen molar-refractivity contribution in [3.05, 3.63) is 33.9 Å². The fourth-order valence-electron chi connectivity index (χ4n) is 1.81. The first kappa shape index (κ1) is 13.8. The Bertz CT molecular complexity index is 575. The maximum atomic E-state index is 11.5. The lowest BCUT2D eigenvalue weighted by atomic mass is 10.1. The van der Waals surface area contributed by atoms with Crippen LogP contribution in [0.4, 0.5) is 11.4 Å². The molecule has 0 spiro atoms. The summed E-state index contributed by atoms with van der Waals surface area (Å²) in [7, 11) is 0. The third-order valence-corrected chi connectivity index (χ3v) is 2.95. The van der Waals surface area contributed by atoms with Crippen molar-refractivity contribution in [1.82, 2.24) is 5.32 Å². The minimum Gasteiger partial charge on any atom is -0.379 e. The number of nitro benzene ring substituents is 1. The lowest BCUT2D eigenvalue weighted by Crippen LogP contribution is -2.27. The van der Waals surface area contributed by atoms with Crippen LogP contribution >= 0.6 is 0 Å². The zero-order chi connectivity index (χ0) is 14.5. The van der Waals surface area contributed by atoms with E-state index in [0.29, 0.717) is 6.04 Å². The third kappa shape index (κ3) is 3.45. The van der Waals surface area contributed by atoms with Crippen LogP contribution in [0.1, 0.15) is 24.8 Å². The molecule has 1 aromatic rings. The van der Waals surface area contributed by atoms with Crippen molar-refractivity contribution in [1.29, 1.82) is 5.26 Å². The maximum absolute atomic E-state index is 11.5. The fraction of sp³-hybridized carbons (Fsp3) is 0.385. The van der Waals surface area contributed by atoms with Crippen molar-refractivity contribution < 1.29 is 9.72 Å². The van der Waals surface area contributed by atoms with Crippen molar-refractivity contribution in [3.8, 4) is 6.07 Å². The molecule has 1 saturated carbocycles. The lowest BCUT2D eigenvalue weighted by Gasteiger charge is -2.08. The Morgan fingerprint density at radius 1 is 1.50 bits per heavy atom. The van der Waals surface area contributed by atoms with Crippen LogP contribution in [-0.4, -0.2) is 23.4 Å². The number of nitrogens with one attached hydrogen (secondary N) is 2. The molecule has 1 aliphatic carbocycles. The van der Waals surface area contributed by atoms with E-state index in [1.165, 1.54) is 12.1 Å². The Morgan fingerprint density at radius 3 is 2.85 bits per heavy atom. The van der Waals surface area contributed by atoms with Crippen molar-refractivity contribution in [3.63, 3.8) is 0 Å². The third-order valence-electron chi connectivity index (χ3n) is 2.95. The molecule has 1 fully saturated rings. The molecule has 104 valence electrons. The summed E-state index contributed by atoms with van der Waals surface area (Å²) >= 11 is 0. The molecule has 1 aliphatic rings. The van der Waals surface area contributed by atoms with Gasteiger partial charge >= 0.3 is 5.69 Å². The van der Waals surface area contributed by atoms with E-state index in [2.05, 4.69) is 10.6 Å². The van der Waals surface area contributed by atoms with Gasteiger partial charge in [-0.1, -0.05) is 6.07 Å². The minimum atomic E-state index is -0.592. The molecule has 1 aromatic carbocycles. The van der Waals surface area contributed by atoms with Gasteiger partial charge in [-0.05, 0) is 25.0 Å². The Balaban J connectivity index is 1.96. The zero-order valence-electron chi connectivity index (χ0n) is 10.8. The topological polar surface area (TPSA) is 108 Å². The predicted molar refractivity (Wildman–Crippen MR) is 72.1 cm³/mol. The average Bonchev–Trinajstić information content (AvgIpc) is 3.21. The van der Waals surface area contributed by atoms with Gasteiger partial charge in [0.2, 0.25) is 5.91 Å². The second-order valence-corrected chi connectivity index (χ2v) is 4.59. The lowest BCUT2D eigenvalue weighted by molar-refractivity contribution is -0.384. The van der Waals surface area contributed by atoms with E-state index in [0.717, 1.165) is 12.8 Å². The second kappa shape index (κ2) is 6.02. The van der Waals surface area contributed by atoms with E-state index in [4.69, 9.17) is 5.26 Å². The van der Waals surface area contributed by atoms with Crippen LogP contribution in [0, 0.1) is 21.4 Å². The number of benzene rings is 1. The quantitative estimate of drug-likeness (QED) is 0.604. The molecule has 2 N–H and O–H groups in total. The molecule has 20 heavy (non-hydrogen) atoms. The summed E-state index contributed by atoms with van der Waals surface area (Å²) in [6, 6.07) is 6.58. The number of carbonyl (C=O) groups excluding carboxylic acids is 1. The Labute approximate surface area is 115 Å². The summed E-state index contributed by atoms with van der Waals surface area (Å²) < 4.78 is 0. The molecule has 7 nitrogen and oxygen atoms in total. The predicted octanol–water partition coefficient (Wildman–Crippen LogP) is 1.55. The van der Waals surface area contributed by atoms with Gasteiger partial charge < -0.3 is 10.6 Å². The standard InChI is InChI=1S/C13H14N4O3/c14-8-9-2-1-3-11(13(9)17(19)20)15-7-6-12(18)16-10-4-5-10/h1-3,10,15H,4-7H2,(H,16,18). The van der Waals surface area contributed by atoms with E-state index in [1.807, 2.05) is 0 Å². The Morgan fingerprint density at radius 2 is 2.25 bits per heavy atom. The highest BCUT2D eigenvalue weighted by Crippen LogP contribution is 2.27. The number of nitro groups is 1. The zero-order valence-corrected chi connectivity index (χ0v) is 10.8. The Hall–Kier alpha value is -2.62. The molecule has 2 rings (SSSR count). The first-order valence-corrected chi connectivity index (χ1v) is 6.32. The number of hydrogen-bond acceptors (Lipinski definition) is 5. The van der Waals surface area contributed by atoms with E-state index in [9.17, 15) is 14.9 Å². The number of carbonyl (C=O) groups is 1. The number of anilines is 1. The molecule has 1 amide bonds. The first-order chi connectivity index (χ1) is 9.61. The van der Waals surface area contributed by atoms with Crippen LogP contribution in [0.2, 0.25) is 0 Å². The van der Waals surface area contributed by atoms with Gasteiger partial charge in [0.25, 0.3) is 0 Å². The molecule has 0 radical (unpaired) electrons. The molecule has 0 bridgehead atoms. The smallest absolute Gasteiger partial charge is 0.309 e. The SMILES string of the molecule is N#Cc1cccc(NCCC(=O)NC2CC2)c1[N+](=O)[O-]. The largest absolute Gasteiger partial charge is 0.379 e. The van der Waals surface area contributed by atoms with E-state index in [1.54, 1.807) is 12.1 Å². The van der Waals surface area contributed by atoms with Crippen LogP contribution < -0.4 is 10.6 Å². The molecule has 7 heteroatoms. The van der Waals surface area contributed by atoms with E-state index in [-0.39, 0.29) is 35.8 Å². The van der Waals surface area contributed by atoms with Crippen molar-refractivity contribution >= 4 is 17.3 Å². The van der Waals surface area contributed by atoms with Gasteiger partial charge in [0.05, 0.1) is 4.92 Å². The molecule has 0 atom stereocenters. The molecule has 0 aliphatic heterocycles. The highest BCUT2D eigenvalue weighted by molar-refractivity contribution is 5.77. The number of nitriles is 1. The summed E-state index contributed by atoms with van der Waals surface area (Å²) in [6.07, 6.45) is 2.29. The molecule has 0 heterocycles. The number of nitrogens with zero attached hydrogens (tertiary/aromatic N) is 2. The van der Waals surface area contributed by atoms with Crippen LogP contribution in [0.25, 0.3) is 0 Å². The van der Waals surface area contributed by atoms with Crippen molar-refractivity contribution in [2.75, 3.05) is 11.9 Å². The van der Waals surface area contributed by atoms with Gasteiger partial charge in [0.15, 0.2) is 0 Å². The van der Waals surface area contributed by atoms with Crippen molar-refractivity contribution in [2.24, 2.45) is 0 Å². The molecule has 0 aromatic heterocycles. The number of amides is 1. The van der Waals surface area contributed by atoms with Crippen LogP contribution in [-0.2, 0) is 4.79 Å². The number of rotatable bonds is 6. The number of para-hydroxylation sites is 1. The van der Waals surface area contributed by atoms with Gasteiger partial charge in [-0.3, -0.25) is 14.9 Å². The monoisotopic (exact) mass is 274 g/mol. The second-order valence-electron chi connectivity index (χ2n) is 4.59. The normalized spacial score (nSPS) is 13.3. The van der Waals surface area contributed by atoms with Gasteiger partial charge in [-0.25, -0.2) is 0 Å². The summed E-state index contributed by atoms with van der Waals surface area (Å²) in [4.78, 5) is 21.9. The highest BCUT2D eigenvalue weighted by Gasteiger charge is 2.23. The maximum Gasteiger partial charge on any atom is 0.309 e. The summed E-state index contributed by atoms with van der Waals surface area (Å²) in [6.45, 7) is 0.286. The van der Waals surface area contributed by atoms with Crippen molar-refractivity contribution in [2.45, 2.75) is 25.3 Å². The number of hydrogen-bond donors (Lipinski definition) is 2. The average molecular weight is 274 g/mol. The van der Waals surface area contributed by atoms with Gasteiger partial charge in [-0.15, -0.1) is 0 Å². The summed E-state index contributed by atoms with van der Waals surface area (Å²) in [5.74, 6) is -0.0703. The molecular weight excluding hydrogens is 260 g/mol. The van der Waals surface area contributed by atoms with Crippen LogP contribution in [0.5, 0.6) is 0 Å². The summed E-state index contributed by atoms with van der Waals surface area (Å²) in [5, 5.41) is 25.5. The molecule has 0 saturated heterocycles. The van der Waals surface area contributed by atoms with Gasteiger partial charge in [0.1, 0.15) is 17.3 Å². The van der Waals surface area contributed by atoms with E-state index < -0.39 is 4.92 Å². The van der Waals surface area contributed by atoms with Crippen LogP contribution in [0.15, 0.2) is 18.2 Å². The highest BCUT2D eigenvalue weighted by atomic mass is 16.6. The molecule has 0 unspecified atom stereocenters. The Kier molecular flexibility index (Phi) is 4.15. The van der Waals surface area contributed by atoms with Gasteiger partial charge in [0, 0.05) is 19.0 Å². The van der Waals surface area contributed by atoms with Crippen LogP contribution in [0.3, 0.4) is 0 Å². The first-order valence-electron chi connectivity index (χ1n) is 6.32.